The van der Waals surface area contributed by atoms with Gasteiger partial charge < -0.3 is 9.26 Å². The summed E-state index contributed by atoms with van der Waals surface area (Å²) in [5.41, 5.74) is 1.49. The van der Waals surface area contributed by atoms with Crippen molar-refractivity contribution in [2.24, 2.45) is 0 Å². The first kappa shape index (κ1) is 18.1. The zero-order valence-corrected chi connectivity index (χ0v) is 15.1. The van der Waals surface area contributed by atoms with E-state index >= 15 is 0 Å². The van der Waals surface area contributed by atoms with Crippen molar-refractivity contribution in [1.29, 1.82) is 0 Å². The average molecular weight is 355 g/mol. The number of benzene rings is 2. The summed E-state index contributed by atoms with van der Waals surface area (Å²) in [5, 5.41) is 4.04. The van der Waals surface area contributed by atoms with Gasteiger partial charge in [0.15, 0.2) is 0 Å². The maximum Gasteiger partial charge on any atom is 0.241 e. The second-order valence-electron chi connectivity index (χ2n) is 6.08. The molecular weight excluding hydrogens is 333 g/mol. The highest BCUT2D eigenvalue weighted by atomic mass is 19.1. The molecule has 0 saturated heterocycles. The molecule has 0 aliphatic rings. The van der Waals surface area contributed by atoms with Gasteiger partial charge in [0.05, 0.1) is 13.2 Å². The van der Waals surface area contributed by atoms with E-state index in [4.69, 9.17) is 9.26 Å². The molecule has 1 unspecified atom stereocenters. The van der Waals surface area contributed by atoms with Gasteiger partial charge in [-0.25, -0.2) is 4.39 Å². The van der Waals surface area contributed by atoms with Crippen LogP contribution in [0, 0.1) is 5.82 Å². The summed E-state index contributed by atoms with van der Waals surface area (Å²) in [5.74, 6) is 1.60. The first-order chi connectivity index (χ1) is 12.6. The van der Waals surface area contributed by atoms with Gasteiger partial charge in [-0.15, -0.1) is 0 Å². The molecule has 0 aliphatic carbocycles. The number of aromatic nitrogens is 2. The Morgan fingerprint density at radius 1 is 1.15 bits per heavy atom. The third-order valence-corrected chi connectivity index (χ3v) is 4.29. The van der Waals surface area contributed by atoms with Crippen LogP contribution in [0.5, 0.6) is 5.75 Å². The Balaban J connectivity index is 1.69. The Morgan fingerprint density at radius 3 is 2.58 bits per heavy atom. The monoisotopic (exact) mass is 355 g/mol. The normalized spacial score (nSPS) is 12.3. The second kappa shape index (κ2) is 8.10. The van der Waals surface area contributed by atoms with Gasteiger partial charge in [0, 0.05) is 17.2 Å². The molecule has 0 aliphatic heterocycles. The summed E-state index contributed by atoms with van der Waals surface area (Å²) in [6.45, 7) is 4.94. The molecular formula is C20H22FN3O2. The van der Waals surface area contributed by atoms with E-state index in [9.17, 15) is 4.39 Å². The Kier molecular flexibility index (Phi) is 5.63. The van der Waals surface area contributed by atoms with Crippen molar-refractivity contribution >= 4 is 0 Å². The van der Waals surface area contributed by atoms with Gasteiger partial charge in [0.2, 0.25) is 11.7 Å². The first-order valence-electron chi connectivity index (χ1n) is 8.59. The summed E-state index contributed by atoms with van der Waals surface area (Å²) in [4.78, 5) is 6.41. The molecule has 0 bridgehead atoms. The predicted molar refractivity (Wildman–Crippen MR) is 97.2 cm³/mol. The van der Waals surface area contributed by atoms with E-state index in [-0.39, 0.29) is 11.9 Å². The fourth-order valence-electron chi connectivity index (χ4n) is 2.70. The van der Waals surface area contributed by atoms with E-state index < -0.39 is 0 Å². The average Bonchev–Trinajstić information content (AvgIpc) is 3.11. The van der Waals surface area contributed by atoms with Gasteiger partial charge in [-0.1, -0.05) is 23.4 Å². The zero-order chi connectivity index (χ0) is 18.5. The van der Waals surface area contributed by atoms with Crippen molar-refractivity contribution in [2.45, 2.75) is 26.4 Å². The molecule has 6 heteroatoms. The Bertz CT molecular complexity index is 848. The molecule has 2 aromatic carbocycles. The molecule has 26 heavy (non-hydrogen) atoms. The predicted octanol–water partition coefficient (Wildman–Crippen LogP) is 4.47. The summed E-state index contributed by atoms with van der Waals surface area (Å²) in [6.07, 6.45) is 0. The smallest absolute Gasteiger partial charge is 0.241 e. The maximum atomic E-state index is 14.0. The highest BCUT2D eigenvalue weighted by Gasteiger charge is 2.18. The lowest BCUT2D eigenvalue weighted by Crippen LogP contribution is -2.22. The van der Waals surface area contributed by atoms with E-state index in [1.54, 1.807) is 12.1 Å². The molecule has 5 nitrogen and oxygen atoms in total. The van der Waals surface area contributed by atoms with Crippen molar-refractivity contribution in [2.75, 3.05) is 13.7 Å². The molecule has 0 saturated carbocycles. The van der Waals surface area contributed by atoms with Gasteiger partial charge in [0.1, 0.15) is 11.6 Å². The van der Waals surface area contributed by atoms with Gasteiger partial charge in [0.25, 0.3) is 0 Å². The minimum absolute atomic E-state index is 0.114. The van der Waals surface area contributed by atoms with E-state index in [0.717, 1.165) is 11.3 Å². The second-order valence-corrected chi connectivity index (χ2v) is 6.08. The minimum atomic E-state index is -0.215. The van der Waals surface area contributed by atoms with E-state index in [0.29, 0.717) is 30.4 Å². The third kappa shape index (κ3) is 4.08. The van der Waals surface area contributed by atoms with Crippen LogP contribution in [0.4, 0.5) is 4.39 Å². The van der Waals surface area contributed by atoms with Gasteiger partial charge in [-0.2, -0.15) is 4.98 Å². The molecule has 1 heterocycles. The number of hydrogen-bond donors (Lipinski definition) is 0. The number of nitrogens with zero attached hydrogens (tertiary/aromatic N) is 3. The van der Waals surface area contributed by atoms with Crippen LogP contribution in [0.25, 0.3) is 11.4 Å². The zero-order valence-electron chi connectivity index (χ0n) is 15.1. The molecule has 0 radical (unpaired) electrons. The highest BCUT2D eigenvalue weighted by molar-refractivity contribution is 5.55. The topological polar surface area (TPSA) is 51.4 Å². The number of halogens is 1. The minimum Gasteiger partial charge on any atom is -0.494 e. The number of ether oxygens (including phenoxy) is 1. The first-order valence-corrected chi connectivity index (χ1v) is 8.59. The van der Waals surface area contributed by atoms with Crippen LogP contribution in [0.2, 0.25) is 0 Å². The standard InChI is InChI=1S/C20H22FN3O2/c1-4-25-16-11-9-15(10-12-16)20-22-19(26-23-20)13-24(3)14(2)17-7-5-6-8-18(17)21/h5-12,14H,4,13H2,1-3H3. The van der Waals surface area contributed by atoms with Crippen molar-refractivity contribution in [1.82, 2.24) is 15.0 Å². The van der Waals surface area contributed by atoms with Crippen LogP contribution in [0.1, 0.15) is 31.3 Å². The molecule has 0 fully saturated rings. The molecule has 3 aromatic rings. The van der Waals surface area contributed by atoms with Gasteiger partial charge in [-0.3, -0.25) is 4.90 Å². The van der Waals surface area contributed by atoms with Crippen molar-refractivity contribution in [3.05, 3.63) is 65.8 Å². The van der Waals surface area contributed by atoms with Crippen molar-refractivity contribution < 1.29 is 13.7 Å². The van der Waals surface area contributed by atoms with Gasteiger partial charge >= 0.3 is 0 Å². The van der Waals surface area contributed by atoms with Crippen LogP contribution in [0.15, 0.2) is 53.1 Å². The molecule has 3 rings (SSSR count). The van der Waals surface area contributed by atoms with Crippen LogP contribution < -0.4 is 4.74 Å². The lowest BCUT2D eigenvalue weighted by molar-refractivity contribution is 0.213. The Morgan fingerprint density at radius 2 is 1.88 bits per heavy atom. The Hall–Kier alpha value is -2.73. The number of hydrogen-bond acceptors (Lipinski definition) is 5. The van der Waals surface area contributed by atoms with Crippen molar-refractivity contribution in [3.8, 4) is 17.1 Å². The largest absolute Gasteiger partial charge is 0.494 e. The van der Waals surface area contributed by atoms with Crippen LogP contribution >= 0.6 is 0 Å². The summed E-state index contributed by atoms with van der Waals surface area (Å²) in [6, 6.07) is 14.2. The SMILES string of the molecule is CCOc1ccc(-c2noc(CN(C)C(C)c3ccccc3F)n2)cc1. The molecule has 0 N–H and O–H groups in total. The Labute approximate surface area is 152 Å². The lowest BCUT2D eigenvalue weighted by Gasteiger charge is -2.23. The summed E-state index contributed by atoms with van der Waals surface area (Å²) < 4.78 is 24.8. The van der Waals surface area contributed by atoms with Gasteiger partial charge in [-0.05, 0) is 51.2 Å². The number of rotatable bonds is 7. The molecule has 0 amide bonds. The van der Waals surface area contributed by atoms with Crippen LogP contribution in [-0.4, -0.2) is 28.7 Å². The molecule has 0 spiro atoms. The maximum absolute atomic E-state index is 14.0. The third-order valence-electron chi connectivity index (χ3n) is 4.29. The van der Waals surface area contributed by atoms with Crippen LogP contribution in [0.3, 0.4) is 0 Å². The summed E-state index contributed by atoms with van der Waals surface area (Å²) in [7, 11) is 1.90. The van der Waals surface area contributed by atoms with E-state index in [1.807, 2.05) is 56.1 Å². The molecule has 136 valence electrons. The van der Waals surface area contributed by atoms with Crippen LogP contribution in [-0.2, 0) is 6.54 Å². The molecule has 1 atom stereocenters. The highest BCUT2D eigenvalue weighted by Crippen LogP contribution is 2.24. The fourth-order valence-corrected chi connectivity index (χ4v) is 2.70. The lowest BCUT2D eigenvalue weighted by atomic mass is 10.1. The quantitative estimate of drug-likeness (QED) is 0.626. The molecule has 1 aromatic heterocycles. The van der Waals surface area contributed by atoms with E-state index in [1.165, 1.54) is 6.07 Å². The fraction of sp³-hybridized carbons (Fsp3) is 0.300. The summed E-state index contributed by atoms with van der Waals surface area (Å²) >= 11 is 0. The van der Waals surface area contributed by atoms with Crippen molar-refractivity contribution in [3.63, 3.8) is 0 Å². The van der Waals surface area contributed by atoms with E-state index in [2.05, 4.69) is 10.1 Å².